The van der Waals surface area contributed by atoms with Crippen LogP contribution in [0.15, 0.2) is 18.2 Å². The Balaban J connectivity index is 1.85. The Bertz CT molecular complexity index is 720. The Morgan fingerprint density at radius 1 is 1.57 bits per heavy atom. The van der Waals surface area contributed by atoms with E-state index in [-0.39, 0.29) is 11.8 Å². The first kappa shape index (κ1) is 15.7. The van der Waals surface area contributed by atoms with Crippen molar-refractivity contribution in [1.29, 1.82) is 0 Å². The monoisotopic (exact) mass is 337 g/mol. The second-order valence-corrected chi connectivity index (χ2v) is 5.63. The zero-order valence-electron chi connectivity index (χ0n) is 12.5. The average Bonchev–Trinajstić information content (AvgIpc) is 3.04. The number of aromatic amines is 1. The molecular weight excluding hydrogens is 322 g/mol. The van der Waals surface area contributed by atoms with Crippen molar-refractivity contribution >= 4 is 23.0 Å². The summed E-state index contributed by atoms with van der Waals surface area (Å²) in [5, 5.41) is 18.6. The van der Waals surface area contributed by atoms with Gasteiger partial charge < -0.3 is 9.64 Å². The molecule has 1 saturated heterocycles. The summed E-state index contributed by atoms with van der Waals surface area (Å²) >= 11 is 5.87. The number of anilines is 1. The zero-order valence-corrected chi connectivity index (χ0v) is 13.3. The Labute approximate surface area is 137 Å². The number of morpholine rings is 1. The maximum Gasteiger partial charge on any atom is 0.294 e. The van der Waals surface area contributed by atoms with Crippen molar-refractivity contribution in [3.63, 3.8) is 0 Å². The molecule has 3 rings (SSSR count). The summed E-state index contributed by atoms with van der Waals surface area (Å²) in [5.41, 5.74) is 0.515. The molecule has 1 aliphatic rings. The Morgan fingerprint density at radius 2 is 2.39 bits per heavy atom. The van der Waals surface area contributed by atoms with E-state index < -0.39 is 4.92 Å². The van der Waals surface area contributed by atoms with E-state index in [1.54, 1.807) is 12.1 Å². The number of rotatable bonds is 4. The SMILES string of the molecule is CCc1nc([C@H]2CN(c3ccc(Cl)cc3[N+](=O)[O-])CCO2)n[nH]1. The van der Waals surface area contributed by atoms with Crippen molar-refractivity contribution in [1.82, 2.24) is 15.2 Å². The summed E-state index contributed by atoms with van der Waals surface area (Å²) in [6.07, 6.45) is 0.433. The fraction of sp³-hybridized carbons (Fsp3) is 0.429. The Morgan fingerprint density at radius 3 is 3.09 bits per heavy atom. The molecule has 0 unspecified atom stereocenters. The van der Waals surface area contributed by atoms with Crippen LogP contribution in [0, 0.1) is 10.1 Å². The highest BCUT2D eigenvalue weighted by Crippen LogP contribution is 2.33. The number of ether oxygens (including phenoxy) is 1. The second kappa shape index (κ2) is 6.51. The van der Waals surface area contributed by atoms with Gasteiger partial charge in [-0.05, 0) is 12.1 Å². The number of benzene rings is 1. The van der Waals surface area contributed by atoms with E-state index in [1.807, 2.05) is 11.8 Å². The van der Waals surface area contributed by atoms with Crippen molar-refractivity contribution in [3.05, 3.63) is 45.0 Å². The summed E-state index contributed by atoms with van der Waals surface area (Å²) in [5.74, 6) is 1.36. The molecule has 1 aromatic carbocycles. The van der Waals surface area contributed by atoms with Crippen LogP contribution in [-0.2, 0) is 11.2 Å². The number of aromatic nitrogens is 3. The molecule has 0 saturated carbocycles. The largest absolute Gasteiger partial charge is 0.366 e. The van der Waals surface area contributed by atoms with E-state index in [0.29, 0.717) is 36.2 Å². The number of halogens is 1. The highest BCUT2D eigenvalue weighted by atomic mass is 35.5. The molecule has 2 aromatic rings. The van der Waals surface area contributed by atoms with Crippen LogP contribution in [0.2, 0.25) is 5.02 Å². The first-order valence-corrected chi connectivity index (χ1v) is 7.68. The topological polar surface area (TPSA) is 97.2 Å². The molecule has 1 fully saturated rings. The number of hydrogen-bond donors (Lipinski definition) is 1. The van der Waals surface area contributed by atoms with Crippen LogP contribution in [-0.4, -0.2) is 39.8 Å². The molecule has 122 valence electrons. The third-order valence-corrected chi connectivity index (χ3v) is 3.95. The van der Waals surface area contributed by atoms with E-state index >= 15 is 0 Å². The van der Waals surface area contributed by atoms with Crippen LogP contribution < -0.4 is 4.90 Å². The van der Waals surface area contributed by atoms with Gasteiger partial charge in [-0.15, -0.1) is 0 Å². The quantitative estimate of drug-likeness (QED) is 0.680. The lowest BCUT2D eigenvalue weighted by Crippen LogP contribution is -2.39. The van der Waals surface area contributed by atoms with Crippen LogP contribution in [0.3, 0.4) is 0 Å². The number of aryl methyl sites for hydroxylation is 1. The van der Waals surface area contributed by atoms with Crippen LogP contribution >= 0.6 is 11.6 Å². The smallest absolute Gasteiger partial charge is 0.294 e. The lowest BCUT2D eigenvalue weighted by atomic mass is 10.2. The molecule has 0 radical (unpaired) electrons. The molecule has 0 spiro atoms. The first-order valence-electron chi connectivity index (χ1n) is 7.30. The summed E-state index contributed by atoms with van der Waals surface area (Å²) in [6, 6.07) is 4.68. The molecule has 23 heavy (non-hydrogen) atoms. The summed E-state index contributed by atoms with van der Waals surface area (Å²) in [6.45, 7) is 3.43. The van der Waals surface area contributed by atoms with Crippen molar-refractivity contribution < 1.29 is 9.66 Å². The predicted octanol–water partition coefficient (Wildman–Crippen LogP) is 2.51. The highest BCUT2D eigenvalue weighted by Gasteiger charge is 2.29. The third-order valence-electron chi connectivity index (χ3n) is 3.71. The first-order chi connectivity index (χ1) is 11.1. The Hall–Kier alpha value is -2.19. The molecule has 0 aliphatic carbocycles. The van der Waals surface area contributed by atoms with Crippen LogP contribution in [0.5, 0.6) is 0 Å². The van der Waals surface area contributed by atoms with Gasteiger partial charge in [0.05, 0.1) is 18.1 Å². The van der Waals surface area contributed by atoms with E-state index in [9.17, 15) is 10.1 Å². The molecule has 9 heteroatoms. The normalized spacial score (nSPS) is 18.2. The van der Waals surface area contributed by atoms with E-state index in [1.165, 1.54) is 6.07 Å². The predicted molar refractivity (Wildman–Crippen MR) is 84.8 cm³/mol. The van der Waals surface area contributed by atoms with Crippen LogP contribution in [0.25, 0.3) is 0 Å². The van der Waals surface area contributed by atoms with E-state index in [0.717, 1.165) is 12.2 Å². The van der Waals surface area contributed by atoms with Crippen LogP contribution in [0.4, 0.5) is 11.4 Å². The minimum atomic E-state index is -0.423. The molecule has 1 N–H and O–H groups in total. The van der Waals surface area contributed by atoms with E-state index in [2.05, 4.69) is 15.2 Å². The van der Waals surface area contributed by atoms with Gasteiger partial charge >= 0.3 is 0 Å². The maximum absolute atomic E-state index is 11.3. The number of nitro groups is 1. The lowest BCUT2D eigenvalue weighted by molar-refractivity contribution is -0.384. The van der Waals surface area contributed by atoms with Crippen molar-refractivity contribution in [2.45, 2.75) is 19.4 Å². The van der Waals surface area contributed by atoms with E-state index in [4.69, 9.17) is 16.3 Å². The van der Waals surface area contributed by atoms with Gasteiger partial charge in [-0.2, -0.15) is 5.10 Å². The molecule has 1 aliphatic heterocycles. The minimum Gasteiger partial charge on any atom is -0.366 e. The maximum atomic E-state index is 11.3. The van der Waals surface area contributed by atoms with Gasteiger partial charge in [-0.25, -0.2) is 4.98 Å². The minimum absolute atomic E-state index is 0.0117. The molecule has 1 aromatic heterocycles. The third kappa shape index (κ3) is 3.27. The number of nitrogens with one attached hydrogen (secondary N) is 1. The van der Waals surface area contributed by atoms with Crippen LogP contribution in [0.1, 0.15) is 24.7 Å². The van der Waals surface area contributed by atoms with Gasteiger partial charge in [0.1, 0.15) is 17.6 Å². The van der Waals surface area contributed by atoms with Gasteiger partial charge in [0.2, 0.25) is 0 Å². The number of nitrogens with zero attached hydrogens (tertiary/aromatic N) is 4. The van der Waals surface area contributed by atoms with Crippen molar-refractivity contribution in [2.75, 3.05) is 24.6 Å². The lowest BCUT2D eigenvalue weighted by Gasteiger charge is -2.32. The Kier molecular flexibility index (Phi) is 4.44. The molecule has 2 heterocycles. The van der Waals surface area contributed by atoms with Gasteiger partial charge in [0.15, 0.2) is 5.82 Å². The summed E-state index contributed by atoms with van der Waals surface area (Å²) < 4.78 is 5.72. The molecule has 1 atom stereocenters. The number of hydrogen-bond acceptors (Lipinski definition) is 6. The second-order valence-electron chi connectivity index (χ2n) is 5.19. The number of nitro benzene ring substituents is 1. The van der Waals surface area contributed by atoms with Gasteiger partial charge in [0.25, 0.3) is 5.69 Å². The number of H-pyrrole nitrogens is 1. The fourth-order valence-electron chi connectivity index (χ4n) is 2.55. The van der Waals surface area contributed by atoms with Gasteiger partial charge in [-0.1, -0.05) is 18.5 Å². The molecule has 0 bridgehead atoms. The standard InChI is InChI=1S/C14H16ClN5O3/c1-2-13-16-14(18-17-13)12-8-19(5-6-23-12)10-4-3-9(15)7-11(10)20(21)22/h3-4,7,12H,2,5-6,8H2,1H3,(H,16,17,18)/t12-/m1/s1. The zero-order chi connectivity index (χ0) is 16.4. The summed E-state index contributed by atoms with van der Waals surface area (Å²) in [4.78, 5) is 17.1. The van der Waals surface area contributed by atoms with Gasteiger partial charge in [0, 0.05) is 24.1 Å². The fourth-order valence-corrected chi connectivity index (χ4v) is 2.71. The average molecular weight is 338 g/mol. The molecule has 0 amide bonds. The highest BCUT2D eigenvalue weighted by molar-refractivity contribution is 6.30. The van der Waals surface area contributed by atoms with Gasteiger partial charge in [-0.3, -0.25) is 15.2 Å². The van der Waals surface area contributed by atoms with Crippen molar-refractivity contribution in [3.8, 4) is 0 Å². The van der Waals surface area contributed by atoms with Crippen molar-refractivity contribution in [2.24, 2.45) is 0 Å². The molecular formula is C14H16ClN5O3. The molecule has 8 nitrogen and oxygen atoms in total. The summed E-state index contributed by atoms with van der Waals surface area (Å²) in [7, 11) is 0.